The van der Waals surface area contributed by atoms with Crippen LogP contribution in [0.3, 0.4) is 0 Å². The molecule has 0 aromatic carbocycles. The second-order valence-corrected chi connectivity index (χ2v) is 4.02. The largest absolute Gasteiger partial charge is 0.379 e. The van der Waals surface area contributed by atoms with E-state index in [0.717, 1.165) is 6.54 Å². The number of carbonyl (C=O) groups excluding carboxylic acids is 1. The monoisotopic (exact) mass is 201 g/mol. The van der Waals surface area contributed by atoms with Crippen LogP contribution in [0.5, 0.6) is 0 Å². The van der Waals surface area contributed by atoms with Gasteiger partial charge in [0, 0.05) is 19.7 Å². The van der Waals surface area contributed by atoms with Crippen molar-refractivity contribution in [1.29, 1.82) is 0 Å². The van der Waals surface area contributed by atoms with E-state index in [1.54, 1.807) is 0 Å². The average Bonchev–Trinajstić information content (AvgIpc) is 2.52. The smallest absolute Gasteiger partial charge is 0.242 e. The summed E-state index contributed by atoms with van der Waals surface area (Å²) in [7, 11) is 3.92. The Bertz CT molecular complexity index is 200. The summed E-state index contributed by atoms with van der Waals surface area (Å²) >= 11 is 0. The van der Waals surface area contributed by atoms with Crippen LogP contribution in [0.1, 0.15) is 6.42 Å². The standard InChI is InChI=1S/C9H19N3O2/c1-12(2)5-4-11-8(13)9(10)3-6-14-7-9/h3-7,10H2,1-2H3,(H,11,13). The van der Waals surface area contributed by atoms with Gasteiger partial charge in [0.2, 0.25) is 5.91 Å². The van der Waals surface area contributed by atoms with Crippen LogP contribution in [0.2, 0.25) is 0 Å². The molecule has 5 heteroatoms. The third-order valence-electron chi connectivity index (χ3n) is 2.35. The van der Waals surface area contributed by atoms with E-state index in [2.05, 4.69) is 5.32 Å². The fourth-order valence-corrected chi connectivity index (χ4v) is 1.33. The van der Waals surface area contributed by atoms with Gasteiger partial charge in [-0.2, -0.15) is 0 Å². The molecule has 1 aliphatic heterocycles. The molecule has 0 spiro atoms. The van der Waals surface area contributed by atoms with Crippen molar-refractivity contribution in [3.63, 3.8) is 0 Å². The van der Waals surface area contributed by atoms with Crippen LogP contribution in [0, 0.1) is 0 Å². The maximum absolute atomic E-state index is 11.6. The second-order valence-electron chi connectivity index (χ2n) is 4.02. The lowest BCUT2D eigenvalue weighted by molar-refractivity contribution is -0.126. The van der Waals surface area contributed by atoms with Crippen LogP contribution >= 0.6 is 0 Å². The minimum absolute atomic E-state index is 0.100. The van der Waals surface area contributed by atoms with Crippen molar-refractivity contribution in [2.24, 2.45) is 5.73 Å². The second kappa shape index (κ2) is 4.72. The third-order valence-corrected chi connectivity index (χ3v) is 2.35. The SMILES string of the molecule is CN(C)CCNC(=O)C1(N)CCOC1. The van der Waals surface area contributed by atoms with Gasteiger partial charge < -0.3 is 20.7 Å². The summed E-state index contributed by atoms with van der Waals surface area (Å²) in [5, 5.41) is 2.81. The molecule has 5 nitrogen and oxygen atoms in total. The van der Waals surface area contributed by atoms with Gasteiger partial charge in [0.05, 0.1) is 6.61 Å². The van der Waals surface area contributed by atoms with Gasteiger partial charge in [-0.15, -0.1) is 0 Å². The summed E-state index contributed by atoms with van der Waals surface area (Å²) < 4.78 is 5.11. The molecule has 1 rings (SSSR count). The highest BCUT2D eigenvalue weighted by Gasteiger charge is 2.37. The molecule has 82 valence electrons. The summed E-state index contributed by atoms with van der Waals surface area (Å²) in [5.74, 6) is -0.100. The maximum atomic E-state index is 11.6. The van der Waals surface area contributed by atoms with Gasteiger partial charge in [0.15, 0.2) is 0 Å². The van der Waals surface area contributed by atoms with E-state index >= 15 is 0 Å². The highest BCUT2D eigenvalue weighted by atomic mass is 16.5. The molecule has 1 saturated heterocycles. The molecule has 0 bridgehead atoms. The first kappa shape index (κ1) is 11.4. The molecule has 1 atom stereocenters. The number of hydrogen-bond donors (Lipinski definition) is 2. The molecule has 1 aliphatic rings. The van der Waals surface area contributed by atoms with Crippen LogP contribution in [0.15, 0.2) is 0 Å². The number of nitrogens with zero attached hydrogens (tertiary/aromatic N) is 1. The number of amides is 1. The van der Waals surface area contributed by atoms with Gasteiger partial charge in [-0.3, -0.25) is 4.79 Å². The normalized spacial score (nSPS) is 26.9. The van der Waals surface area contributed by atoms with Crippen molar-refractivity contribution in [2.75, 3.05) is 40.4 Å². The van der Waals surface area contributed by atoms with Crippen molar-refractivity contribution in [1.82, 2.24) is 10.2 Å². The van der Waals surface area contributed by atoms with Crippen LogP contribution < -0.4 is 11.1 Å². The fourth-order valence-electron chi connectivity index (χ4n) is 1.33. The van der Waals surface area contributed by atoms with E-state index in [1.165, 1.54) is 0 Å². The molecule has 0 aromatic heterocycles. The molecule has 1 fully saturated rings. The lowest BCUT2D eigenvalue weighted by Gasteiger charge is -2.21. The van der Waals surface area contributed by atoms with E-state index in [4.69, 9.17) is 10.5 Å². The Labute approximate surface area is 84.6 Å². The zero-order valence-electron chi connectivity index (χ0n) is 8.88. The van der Waals surface area contributed by atoms with E-state index in [0.29, 0.717) is 26.2 Å². The topological polar surface area (TPSA) is 67.6 Å². The van der Waals surface area contributed by atoms with Crippen molar-refractivity contribution < 1.29 is 9.53 Å². The third kappa shape index (κ3) is 2.94. The Morgan fingerprint density at radius 1 is 1.64 bits per heavy atom. The number of nitrogens with two attached hydrogens (primary N) is 1. The van der Waals surface area contributed by atoms with Gasteiger partial charge in [-0.05, 0) is 20.5 Å². The van der Waals surface area contributed by atoms with Gasteiger partial charge in [-0.1, -0.05) is 0 Å². The number of ether oxygens (including phenoxy) is 1. The van der Waals surface area contributed by atoms with Gasteiger partial charge in [0.25, 0.3) is 0 Å². The minimum atomic E-state index is -0.799. The number of rotatable bonds is 4. The Morgan fingerprint density at radius 2 is 2.36 bits per heavy atom. The predicted molar refractivity (Wildman–Crippen MR) is 53.9 cm³/mol. The van der Waals surface area contributed by atoms with E-state index < -0.39 is 5.54 Å². The van der Waals surface area contributed by atoms with Crippen molar-refractivity contribution in [3.8, 4) is 0 Å². The zero-order chi connectivity index (χ0) is 10.6. The van der Waals surface area contributed by atoms with E-state index in [1.807, 2.05) is 19.0 Å². The number of carbonyl (C=O) groups is 1. The van der Waals surface area contributed by atoms with E-state index in [9.17, 15) is 4.79 Å². The number of likely N-dealkylation sites (N-methyl/N-ethyl adjacent to an activating group) is 1. The van der Waals surface area contributed by atoms with E-state index in [-0.39, 0.29) is 5.91 Å². The molecule has 14 heavy (non-hydrogen) atoms. The Kier molecular flexibility index (Phi) is 3.86. The highest BCUT2D eigenvalue weighted by Crippen LogP contribution is 2.14. The van der Waals surface area contributed by atoms with Crippen molar-refractivity contribution >= 4 is 5.91 Å². The van der Waals surface area contributed by atoms with Crippen LogP contribution in [-0.4, -0.2) is 56.7 Å². The summed E-state index contributed by atoms with van der Waals surface area (Å²) in [5.41, 5.74) is 5.07. The number of hydrogen-bond acceptors (Lipinski definition) is 4. The number of nitrogens with one attached hydrogen (secondary N) is 1. The van der Waals surface area contributed by atoms with Crippen molar-refractivity contribution in [2.45, 2.75) is 12.0 Å². The lowest BCUT2D eigenvalue weighted by atomic mass is 9.99. The molecule has 0 aliphatic carbocycles. The molecular weight excluding hydrogens is 182 g/mol. The van der Waals surface area contributed by atoms with Crippen LogP contribution in [0.4, 0.5) is 0 Å². The van der Waals surface area contributed by atoms with Crippen molar-refractivity contribution in [3.05, 3.63) is 0 Å². The Morgan fingerprint density at radius 3 is 2.86 bits per heavy atom. The minimum Gasteiger partial charge on any atom is -0.379 e. The molecule has 0 radical (unpaired) electrons. The summed E-state index contributed by atoms with van der Waals surface area (Å²) in [4.78, 5) is 13.6. The molecule has 0 aromatic rings. The first-order valence-electron chi connectivity index (χ1n) is 4.84. The molecule has 1 unspecified atom stereocenters. The highest BCUT2D eigenvalue weighted by molar-refractivity contribution is 5.86. The summed E-state index contributed by atoms with van der Waals surface area (Å²) in [6.07, 6.45) is 0.612. The zero-order valence-corrected chi connectivity index (χ0v) is 8.88. The Hall–Kier alpha value is -0.650. The molecule has 1 amide bonds. The fraction of sp³-hybridized carbons (Fsp3) is 0.889. The predicted octanol–water partition coefficient (Wildman–Crippen LogP) is -1.22. The maximum Gasteiger partial charge on any atom is 0.242 e. The summed E-state index contributed by atoms with van der Waals surface area (Å²) in [6.45, 7) is 2.37. The first-order chi connectivity index (χ1) is 6.54. The molecule has 3 N–H and O–H groups in total. The van der Waals surface area contributed by atoms with Crippen LogP contribution in [0.25, 0.3) is 0 Å². The molecular formula is C9H19N3O2. The van der Waals surface area contributed by atoms with Gasteiger partial charge in [-0.25, -0.2) is 0 Å². The average molecular weight is 201 g/mol. The van der Waals surface area contributed by atoms with Crippen LogP contribution in [-0.2, 0) is 9.53 Å². The summed E-state index contributed by atoms with van der Waals surface area (Å²) in [6, 6.07) is 0. The molecule has 0 saturated carbocycles. The Balaban J connectivity index is 2.27. The van der Waals surface area contributed by atoms with Gasteiger partial charge >= 0.3 is 0 Å². The lowest BCUT2D eigenvalue weighted by Crippen LogP contribution is -2.55. The molecule has 1 heterocycles. The van der Waals surface area contributed by atoms with Gasteiger partial charge in [0.1, 0.15) is 5.54 Å². The quantitative estimate of drug-likeness (QED) is 0.598. The first-order valence-corrected chi connectivity index (χ1v) is 4.84.